The van der Waals surface area contributed by atoms with Crippen LogP contribution in [0.4, 0.5) is 4.39 Å². The van der Waals surface area contributed by atoms with Crippen molar-refractivity contribution in [2.45, 2.75) is 12.5 Å². The zero-order chi connectivity index (χ0) is 26.5. The van der Waals surface area contributed by atoms with Gasteiger partial charge in [0.2, 0.25) is 5.91 Å². The van der Waals surface area contributed by atoms with Crippen molar-refractivity contribution in [3.05, 3.63) is 113 Å². The number of carbonyl (C=O) groups is 3. The van der Waals surface area contributed by atoms with Gasteiger partial charge >= 0.3 is 0 Å². The third kappa shape index (κ3) is 5.39. The molecule has 2 heterocycles. The molecule has 1 unspecified atom stereocenters. The quantitative estimate of drug-likeness (QED) is 0.406. The number of benzene rings is 3. The second-order valence-corrected chi connectivity index (χ2v) is 9.24. The molecule has 0 bridgehead atoms. The molecule has 1 saturated heterocycles. The fourth-order valence-electron chi connectivity index (χ4n) is 4.72. The van der Waals surface area contributed by atoms with E-state index in [1.54, 1.807) is 28.0 Å². The number of nitrogens with one attached hydrogen (secondary N) is 1. The van der Waals surface area contributed by atoms with Gasteiger partial charge in [-0.05, 0) is 34.9 Å². The molecule has 3 aromatic rings. The summed E-state index contributed by atoms with van der Waals surface area (Å²) in [5, 5.41) is 4.37. The molecule has 0 radical (unpaired) electrons. The lowest BCUT2D eigenvalue weighted by Crippen LogP contribution is -2.50. The number of rotatable bonds is 6. The van der Waals surface area contributed by atoms with E-state index in [0.717, 1.165) is 28.5 Å². The van der Waals surface area contributed by atoms with Crippen LogP contribution in [-0.2, 0) is 16.0 Å². The predicted molar refractivity (Wildman–Crippen MR) is 143 cm³/mol. The summed E-state index contributed by atoms with van der Waals surface area (Å²) in [5.74, 6) is -1.11. The van der Waals surface area contributed by atoms with Gasteiger partial charge in [-0.25, -0.2) is 4.39 Å². The van der Waals surface area contributed by atoms with E-state index in [2.05, 4.69) is 10.5 Å². The molecule has 0 saturated carbocycles. The number of halogens is 1. The normalized spacial score (nSPS) is 17.0. The lowest BCUT2D eigenvalue weighted by Gasteiger charge is -2.34. The second kappa shape index (κ2) is 11.2. The van der Waals surface area contributed by atoms with Crippen LogP contribution in [0.2, 0.25) is 0 Å². The molecule has 3 aromatic carbocycles. The minimum Gasteiger partial charge on any atom is -0.336 e. The highest BCUT2D eigenvalue weighted by Gasteiger charge is 2.27. The van der Waals surface area contributed by atoms with Gasteiger partial charge < -0.3 is 14.6 Å². The van der Waals surface area contributed by atoms with Crippen molar-refractivity contribution in [3.8, 4) is 0 Å². The van der Waals surface area contributed by atoms with Gasteiger partial charge in [-0.1, -0.05) is 60.7 Å². The molecule has 7 nitrogen and oxygen atoms in total. The van der Waals surface area contributed by atoms with E-state index in [-0.39, 0.29) is 11.5 Å². The largest absolute Gasteiger partial charge is 0.336 e. The average Bonchev–Trinajstić information content (AvgIpc) is 2.97. The number of amides is 2. The van der Waals surface area contributed by atoms with Crippen LogP contribution >= 0.6 is 0 Å². The van der Waals surface area contributed by atoms with Crippen LogP contribution in [0, 0.1) is 5.82 Å². The average molecular weight is 511 g/mol. The second-order valence-electron chi connectivity index (χ2n) is 9.24. The molecular weight excluding hydrogens is 483 g/mol. The number of hydrazone groups is 1. The van der Waals surface area contributed by atoms with E-state index >= 15 is 0 Å². The van der Waals surface area contributed by atoms with Crippen LogP contribution in [0.3, 0.4) is 0 Å². The van der Waals surface area contributed by atoms with Gasteiger partial charge in [0.1, 0.15) is 18.1 Å². The molecule has 2 aliphatic heterocycles. The molecule has 192 valence electrons. The van der Waals surface area contributed by atoms with E-state index in [1.165, 1.54) is 12.1 Å². The predicted octanol–water partition coefficient (Wildman–Crippen LogP) is 3.61. The highest BCUT2D eigenvalue weighted by atomic mass is 19.1. The van der Waals surface area contributed by atoms with Crippen molar-refractivity contribution in [2.24, 2.45) is 5.10 Å². The number of piperazine rings is 1. The standard InChI is InChI=1S/C30H27FN4O3/c31-26-12-10-22(19-27-23-8-4-5-9-24(23)28(20-36)33-32-27)18-25(26)30(38)35-16-14-34(15-17-35)29(37)13-11-21-6-2-1-3-7-21/h1-13,18,20,28,33H,14-17,19H2/b13-11-. The first kappa shape index (κ1) is 25.1. The Balaban J connectivity index is 1.24. The first-order valence-electron chi connectivity index (χ1n) is 12.5. The third-order valence-electron chi connectivity index (χ3n) is 6.81. The van der Waals surface area contributed by atoms with E-state index in [4.69, 9.17) is 0 Å². The number of aldehydes is 1. The molecular formula is C30H27FN4O3. The first-order valence-corrected chi connectivity index (χ1v) is 12.5. The fraction of sp³-hybridized carbons (Fsp3) is 0.200. The summed E-state index contributed by atoms with van der Waals surface area (Å²) < 4.78 is 14.8. The van der Waals surface area contributed by atoms with E-state index < -0.39 is 17.8 Å². The Labute approximate surface area is 220 Å². The number of hydrogen-bond acceptors (Lipinski definition) is 5. The van der Waals surface area contributed by atoms with Gasteiger partial charge in [0, 0.05) is 44.2 Å². The molecule has 2 amide bonds. The molecule has 0 aromatic heterocycles. The third-order valence-corrected chi connectivity index (χ3v) is 6.81. The Morgan fingerprint density at radius 2 is 1.66 bits per heavy atom. The van der Waals surface area contributed by atoms with E-state index in [1.807, 2.05) is 54.6 Å². The minimum atomic E-state index is -0.590. The van der Waals surface area contributed by atoms with Crippen LogP contribution in [0.5, 0.6) is 0 Å². The van der Waals surface area contributed by atoms with Gasteiger partial charge in [-0.3, -0.25) is 15.0 Å². The smallest absolute Gasteiger partial charge is 0.256 e. The SMILES string of the molecule is O=CC1NN=C(Cc2ccc(F)c(C(=O)N3CCN(C(=O)/C=C\c4ccccc4)CC3)c2)c2ccccc21. The Kier molecular flexibility index (Phi) is 7.40. The first-order chi connectivity index (χ1) is 18.5. The molecule has 1 N–H and O–H groups in total. The monoisotopic (exact) mass is 510 g/mol. The Bertz CT molecular complexity index is 1410. The summed E-state index contributed by atoms with van der Waals surface area (Å²) in [6, 6.07) is 21.1. The topological polar surface area (TPSA) is 82.1 Å². The van der Waals surface area contributed by atoms with Crippen molar-refractivity contribution >= 4 is 29.9 Å². The number of nitrogens with zero attached hydrogens (tertiary/aromatic N) is 3. The van der Waals surface area contributed by atoms with Gasteiger partial charge in [0.25, 0.3) is 5.91 Å². The van der Waals surface area contributed by atoms with E-state index in [0.29, 0.717) is 38.3 Å². The molecule has 8 heteroatoms. The summed E-state index contributed by atoms with van der Waals surface area (Å²) in [6.45, 7) is 1.40. The molecule has 1 fully saturated rings. The molecule has 38 heavy (non-hydrogen) atoms. The maximum absolute atomic E-state index is 14.8. The van der Waals surface area contributed by atoms with Gasteiger partial charge in [0.15, 0.2) is 0 Å². The zero-order valence-electron chi connectivity index (χ0n) is 20.7. The van der Waals surface area contributed by atoms with Gasteiger partial charge in [-0.2, -0.15) is 5.10 Å². The molecule has 0 spiro atoms. The molecule has 5 rings (SSSR count). The molecule has 0 aliphatic carbocycles. The molecule has 1 atom stereocenters. The van der Waals surface area contributed by atoms with E-state index in [9.17, 15) is 18.8 Å². The van der Waals surface area contributed by atoms with Crippen molar-refractivity contribution in [1.82, 2.24) is 15.2 Å². The number of hydrogen-bond donors (Lipinski definition) is 1. The summed E-state index contributed by atoms with van der Waals surface area (Å²) in [4.78, 5) is 40.5. The Morgan fingerprint density at radius 3 is 2.42 bits per heavy atom. The number of carbonyl (C=O) groups excluding carboxylic acids is 3. The van der Waals surface area contributed by atoms with Crippen LogP contribution in [0.25, 0.3) is 6.08 Å². The van der Waals surface area contributed by atoms with Crippen LogP contribution in [0.15, 0.2) is 84.0 Å². The van der Waals surface area contributed by atoms with Crippen molar-refractivity contribution in [2.75, 3.05) is 26.2 Å². The maximum atomic E-state index is 14.8. The summed E-state index contributed by atoms with van der Waals surface area (Å²) in [5.41, 5.74) is 6.91. The van der Waals surface area contributed by atoms with Crippen molar-refractivity contribution in [3.63, 3.8) is 0 Å². The minimum absolute atomic E-state index is 0.00493. The van der Waals surface area contributed by atoms with Crippen LogP contribution < -0.4 is 5.43 Å². The lowest BCUT2D eigenvalue weighted by atomic mass is 9.92. The van der Waals surface area contributed by atoms with Crippen molar-refractivity contribution in [1.29, 1.82) is 0 Å². The highest BCUT2D eigenvalue weighted by Crippen LogP contribution is 2.24. The maximum Gasteiger partial charge on any atom is 0.256 e. The zero-order valence-corrected chi connectivity index (χ0v) is 20.7. The van der Waals surface area contributed by atoms with Gasteiger partial charge in [-0.15, -0.1) is 0 Å². The Morgan fingerprint density at radius 1 is 0.947 bits per heavy atom. The van der Waals surface area contributed by atoms with Crippen LogP contribution in [-0.4, -0.2) is 59.8 Å². The summed E-state index contributed by atoms with van der Waals surface area (Å²) >= 11 is 0. The fourth-order valence-corrected chi connectivity index (χ4v) is 4.72. The number of fused-ring (bicyclic) bond motifs is 1. The lowest BCUT2D eigenvalue weighted by molar-refractivity contribution is -0.127. The van der Waals surface area contributed by atoms with Crippen molar-refractivity contribution < 1.29 is 18.8 Å². The summed E-state index contributed by atoms with van der Waals surface area (Å²) in [7, 11) is 0. The van der Waals surface area contributed by atoms with Crippen LogP contribution in [0.1, 0.15) is 38.7 Å². The molecule has 2 aliphatic rings. The summed E-state index contributed by atoms with van der Waals surface area (Å²) in [6.07, 6.45) is 4.48. The highest BCUT2D eigenvalue weighted by molar-refractivity contribution is 6.05. The Hall–Kier alpha value is -4.59. The van der Waals surface area contributed by atoms with Gasteiger partial charge in [0.05, 0.1) is 11.3 Å².